The van der Waals surface area contributed by atoms with Gasteiger partial charge in [-0.2, -0.15) is 4.98 Å². The van der Waals surface area contributed by atoms with Crippen LogP contribution in [0, 0.1) is 0 Å². The van der Waals surface area contributed by atoms with Crippen LogP contribution in [0.3, 0.4) is 0 Å². The summed E-state index contributed by atoms with van der Waals surface area (Å²) in [6.07, 6.45) is 0.153. The molecule has 0 aliphatic carbocycles. The number of benzene rings is 2. The smallest absolute Gasteiger partial charge is 0.244 e. The highest BCUT2D eigenvalue weighted by Gasteiger charge is 2.35. The van der Waals surface area contributed by atoms with Crippen molar-refractivity contribution in [1.29, 1.82) is 0 Å². The van der Waals surface area contributed by atoms with Gasteiger partial charge in [-0.3, -0.25) is 4.90 Å². The fraction of sp³-hybridized carbons (Fsp3) is 0.333. The van der Waals surface area contributed by atoms with E-state index in [1.54, 1.807) is 14.2 Å². The summed E-state index contributed by atoms with van der Waals surface area (Å²) in [6, 6.07) is 15.3. The number of methoxy groups -OCH3 is 2. The third-order valence-corrected chi connectivity index (χ3v) is 5.00. The zero-order valence-corrected chi connectivity index (χ0v) is 15.9. The van der Waals surface area contributed by atoms with Gasteiger partial charge >= 0.3 is 0 Å². The maximum Gasteiger partial charge on any atom is 0.244 e. The van der Waals surface area contributed by atoms with Crippen LogP contribution in [-0.2, 0) is 6.54 Å². The maximum atomic E-state index is 10.2. The van der Waals surface area contributed by atoms with Crippen molar-refractivity contribution < 1.29 is 19.1 Å². The predicted molar refractivity (Wildman–Crippen MR) is 103 cm³/mol. The quantitative estimate of drug-likeness (QED) is 0.703. The molecule has 1 saturated heterocycles. The lowest BCUT2D eigenvalue weighted by molar-refractivity contribution is 0.169. The van der Waals surface area contributed by atoms with Crippen molar-refractivity contribution in [1.82, 2.24) is 15.0 Å². The zero-order chi connectivity index (χ0) is 19.5. The maximum absolute atomic E-state index is 10.2. The number of hydrogen-bond acceptors (Lipinski definition) is 7. The highest BCUT2D eigenvalue weighted by molar-refractivity contribution is 5.55. The Kier molecular flexibility index (Phi) is 5.27. The summed E-state index contributed by atoms with van der Waals surface area (Å²) in [7, 11) is 3.28. The van der Waals surface area contributed by atoms with E-state index in [0.717, 1.165) is 22.6 Å². The summed E-state index contributed by atoms with van der Waals surface area (Å²) in [4.78, 5) is 6.74. The van der Waals surface area contributed by atoms with Crippen LogP contribution in [0.25, 0.3) is 11.4 Å². The molecule has 7 nitrogen and oxygen atoms in total. The van der Waals surface area contributed by atoms with E-state index in [1.807, 2.05) is 48.5 Å². The van der Waals surface area contributed by atoms with E-state index in [9.17, 15) is 5.11 Å². The minimum Gasteiger partial charge on any atom is -0.497 e. The minimum absolute atomic E-state index is 0.114. The highest BCUT2D eigenvalue weighted by Crippen LogP contribution is 2.34. The molecule has 1 aromatic heterocycles. The summed E-state index contributed by atoms with van der Waals surface area (Å²) in [6.45, 7) is 1.25. The van der Waals surface area contributed by atoms with Gasteiger partial charge in [0.15, 0.2) is 0 Å². The molecule has 1 fully saturated rings. The first-order chi connectivity index (χ1) is 13.7. The van der Waals surface area contributed by atoms with Gasteiger partial charge in [-0.15, -0.1) is 0 Å². The molecule has 0 saturated carbocycles. The molecule has 0 bridgehead atoms. The van der Waals surface area contributed by atoms with Crippen LogP contribution in [0.4, 0.5) is 0 Å². The highest BCUT2D eigenvalue weighted by atomic mass is 16.5. The molecule has 3 aromatic rings. The molecule has 0 amide bonds. The summed E-state index contributed by atoms with van der Waals surface area (Å²) in [5.74, 6) is 2.65. The molecule has 2 aromatic carbocycles. The fourth-order valence-electron chi connectivity index (χ4n) is 3.50. The lowest BCUT2D eigenvalue weighted by atomic mass is 10.1. The molecule has 0 unspecified atom stereocenters. The average molecular weight is 381 g/mol. The Morgan fingerprint density at radius 3 is 2.32 bits per heavy atom. The third kappa shape index (κ3) is 3.85. The van der Waals surface area contributed by atoms with E-state index < -0.39 is 6.10 Å². The van der Waals surface area contributed by atoms with Crippen molar-refractivity contribution in [2.45, 2.75) is 25.1 Å². The second-order valence-corrected chi connectivity index (χ2v) is 6.87. The van der Waals surface area contributed by atoms with E-state index in [-0.39, 0.29) is 6.04 Å². The SMILES string of the molecule is COc1ccc(CN2C[C@H](O)C[C@H]2c2nc(-c3ccc(OC)cc3)no2)cc1. The molecule has 7 heteroatoms. The van der Waals surface area contributed by atoms with Gasteiger partial charge in [-0.25, -0.2) is 0 Å². The molecule has 1 aliphatic heterocycles. The molecule has 1 aliphatic rings. The fourth-order valence-corrected chi connectivity index (χ4v) is 3.50. The van der Waals surface area contributed by atoms with Crippen molar-refractivity contribution in [2.75, 3.05) is 20.8 Å². The van der Waals surface area contributed by atoms with Crippen LogP contribution in [0.2, 0.25) is 0 Å². The van der Waals surface area contributed by atoms with Gasteiger partial charge in [0, 0.05) is 18.7 Å². The standard InChI is InChI=1S/C21H23N3O4/c1-26-17-7-3-14(4-8-17)12-24-13-16(25)11-19(24)21-22-20(23-28-21)15-5-9-18(27-2)10-6-15/h3-10,16,19,25H,11-13H2,1-2H3/t16-,19+/m1/s1. The number of nitrogens with zero attached hydrogens (tertiary/aromatic N) is 3. The first kappa shape index (κ1) is 18.5. The number of aliphatic hydroxyl groups excluding tert-OH is 1. The van der Waals surface area contributed by atoms with Crippen LogP contribution in [0.15, 0.2) is 53.1 Å². The molecule has 0 spiro atoms. The largest absolute Gasteiger partial charge is 0.497 e. The van der Waals surface area contributed by atoms with Gasteiger partial charge in [0.1, 0.15) is 11.5 Å². The molecular weight excluding hydrogens is 358 g/mol. The molecule has 4 rings (SSSR count). The third-order valence-electron chi connectivity index (χ3n) is 5.00. The van der Waals surface area contributed by atoms with Crippen LogP contribution in [-0.4, -0.2) is 47.0 Å². The summed E-state index contributed by atoms with van der Waals surface area (Å²) < 4.78 is 15.9. The number of ether oxygens (including phenoxy) is 2. The Morgan fingerprint density at radius 1 is 1.04 bits per heavy atom. The van der Waals surface area contributed by atoms with E-state index >= 15 is 0 Å². The van der Waals surface area contributed by atoms with Crippen molar-refractivity contribution in [3.8, 4) is 22.9 Å². The van der Waals surface area contributed by atoms with Gasteiger partial charge in [0.25, 0.3) is 0 Å². The summed E-state index contributed by atoms with van der Waals surface area (Å²) in [5.41, 5.74) is 1.99. The minimum atomic E-state index is -0.417. The topological polar surface area (TPSA) is 80.9 Å². The lowest BCUT2D eigenvalue weighted by Gasteiger charge is -2.21. The Bertz CT molecular complexity index is 908. The second kappa shape index (κ2) is 8.00. The number of hydrogen-bond donors (Lipinski definition) is 1. The van der Waals surface area contributed by atoms with Gasteiger partial charge in [-0.1, -0.05) is 17.3 Å². The van der Waals surface area contributed by atoms with E-state index in [1.165, 1.54) is 0 Å². The lowest BCUT2D eigenvalue weighted by Crippen LogP contribution is -2.24. The number of β-amino-alcohol motifs (C(OH)–C–C–N with tert-alkyl or cyclic N) is 1. The van der Waals surface area contributed by atoms with Crippen molar-refractivity contribution in [2.24, 2.45) is 0 Å². The van der Waals surface area contributed by atoms with Gasteiger partial charge < -0.3 is 19.1 Å². The first-order valence-corrected chi connectivity index (χ1v) is 9.19. The first-order valence-electron chi connectivity index (χ1n) is 9.19. The average Bonchev–Trinajstić information content (AvgIpc) is 3.35. The van der Waals surface area contributed by atoms with Crippen LogP contribution >= 0.6 is 0 Å². The van der Waals surface area contributed by atoms with Gasteiger partial charge in [0.05, 0.1) is 26.4 Å². The molecule has 2 atom stereocenters. The van der Waals surface area contributed by atoms with Crippen LogP contribution < -0.4 is 9.47 Å². The Morgan fingerprint density at radius 2 is 1.68 bits per heavy atom. The Balaban J connectivity index is 1.52. The van der Waals surface area contributed by atoms with Crippen molar-refractivity contribution in [3.63, 3.8) is 0 Å². The van der Waals surface area contributed by atoms with Crippen LogP contribution in [0.1, 0.15) is 23.9 Å². The van der Waals surface area contributed by atoms with Gasteiger partial charge in [-0.05, 0) is 48.4 Å². The number of rotatable bonds is 6. The summed E-state index contributed by atoms with van der Waals surface area (Å²) >= 11 is 0. The van der Waals surface area contributed by atoms with E-state index in [2.05, 4.69) is 15.0 Å². The number of aromatic nitrogens is 2. The van der Waals surface area contributed by atoms with Crippen molar-refractivity contribution in [3.05, 3.63) is 60.0 Å². The number of aliphatic hydroxyl groups is 1. The normalized spacial score (nSPS) is 19.7. The summed E-state index contributed by atoms with van der Waals surface area (Å²) in [5, 5.41) is 14.3. The Labute approximate surface area is 163 Å². The van der Waals surface area contributed by atoms with E-state index in [0.29, 0.717) is 31.2 Å². The molecular formula is C21H23N3O4. The van der Waals surface area contributed by atoms with Crippen molar-refractivity contribution >= 4 is 0 Å². The van der Waals surface area contributed by atoms with E-state index in [4.69, 9.17) is 14.0 Å². The molecule has 0 radical (unpaired) electrons. The zero-order valence-electron chi connectivity index (χ0n) is 15.9. The molecule has 2 heterocycles. The molecule has 28 heavy (non-hydrogen) atoms. The molecule has 1 N–H and O–H groups in total. The second-order valence-electron chi connectivity index (χ2n) is 6.87. The predicted octanol–water partition coefficient (Wildman–Crippen LogP) is 3.06. The van der Waals surface area contributed by atoms with Gasteiger partial charge in [0.2, 0.25) is 11.7 Å². The number of likely N-dealkylation sites (tertiary alicyclic amines) is 1. The molecule has 146 valence electrons. The Hall–Kier alpha value is -2.90. The van der Waals surface area contributed by atoms with Crippen LogP contribution in [0.5, 0.6) is 11.5 Å². The monoisotopic (exact) mass is 381 g/mol.